The van der Waals surface area contributed by atoms with Crippen LogP contribution in [0.5, 0.6) is 0 Å². The van der Waals surface area contributed by atoms with Gasteiger partial charge in [-0.15, -0.1) is 5.10 Å². The molecule has 11 heteroatoms. The molecule has 1 aliphatic rings. The van der Waals surface area contributed by atoms with Crippen LogP contribution in [0, 0.1) is 0 Å². The summed E-state index contributed by atoms with van der Waals surface area (Å²) in [6.07, 6.45) is 1.69. The third kappa shape index (κ3) is 5.05. The highest BCUT2D eigenvalue weighted by molar-refractivity contribution is 7.92. The fourth-order valence-electron chi connectivity index (χ4n) is 3.21. The minimum Gasteiger partial charge on any atom is -0.401 e. The minimum absolute atomic E-state index is 0.0409. The molecular formula is C21H29N7O3S. The molecule has 10 nitrogen and oxygen atoms in total. The van der Waals surface area contributed by atoms with Gasteiger partial charge in [-0.25, -0.2) is 18.4 Å². The zero-order valence-corrected chi connectivity index (χ0v) is 19.3. The molecule has 0 unspecified atom stereocenters. The summed E-state index contributed by atoms with van der Waals surface area (Å²) in [7, 11) is -3.35. The zero-order valence-electron chi connectivity index (χ0n) is 18.5. The summed E-state index contributed by atoms with van der Waals surface area (Å²) in [5.74, 6) is 0.164. The maximum atomic E-state index is 12.3. The standard InChI is InChI=1S/C21H29N7O3S/c1-13(2)32(29,30)17-7-5-15(6-8-17)14(3)25-18(19(23)24-4)20-26-27-21(31-20)28-11-9-16(22)10-12-28/h5-8,13,16H,4,9-12,22-23H2,1-3H3/b19-18-,25-14+. The van der Waals surface area contributed by atoms with Crippen molar-refractivity contribution in [1.29, 1.82) is 0 Å². The molecule has 0 amide bonds. The molecule has 0 atom stereocenters. The number of aromatic nitrogens is 2. The van der Waals surface area contributed by atoms with Gasteiger partial charge in [0, 0.05) is 24.8 Å². The van der Waals surface area contributed by atoms with Crippen LogP contribution in [0.3, 0.4) is 0 Å². The number of nitrogens with two attached hydrogens (primary N) is 2. The van der Waals surface area contributed by atoms with Crippen molar-refractivity contribution in [2.75, 3.05) is 18.0 Å². The lowest BCUT2D eigenvalue weighted by molar-refractivity contribution is 0.453. The van der Waals surface area contributed by atoms with E-state index in [2.05, 4.69) is 26.9 Å². The first kappa shape index (κ1) is 23.6. The van der Waals surface area contributed by atoms with Crippen LogP contribution in [0.25, 0.3) is 5.70 Å². The lowest BCUT2D eigenvalue weighted by Crippen LogP contribution is -2.39. The van der Waals surface area contributed by atoms with Gasteiger partial charge in [0.15, 0.2) is 21.4 Å². The summed E-state index contributed by atoms with van der Waals surface area (Å²) in [5, 5.41) is 7.71. The average Bonchev–Trinajstić information content (AvgIpc) is 3.27. The van der Waals surface area contributed by atoms with Crippen LogP contribution < -0.4 is 16.4 Å². The molecule has 0 bridgehead atoms. The highest BCUT2D eigenvalue weighted by atomic mass is 32.2. The molecule has 172 valence electrons. The van der Waals surface area contributed by atoms with Gasteiger partial charge in [0.25, 0.3) is 5.89 Å². The molecule has 1 aromatic carbocycles. The lowest BCUT2D eigenvalue weighted by atomic mass is 10.1. The maximum absolute atomic E-state index is 12.3. The molecule has 2 aromatic rings. The summed E-state index contributed by atoms with van der Waals surface area (Å²) >= 11 is 0. The van der Waals surface area contributed by atoms with E-state index in [1.54, 1.807) is 45.0 Å². The van der Waals surface area contributed by atoms with Gasteiger partial charge in [-0.1, -0.05) is 17.2 Å². The largest absolute Gasteiger partial charge is 0.401 e. The molecule has 1 aliphatic heterocycles. The van der Waals surface area contributed by atoms with Crippen molar-refractivity contribution in [3.05, 3.63) is 41.5 Å². The summed E-state index contributed by atoms with van der Waals surface area (Å²) in [5.41, 5.74) is 13.4. The number of hydrogen-bond donors (Lipinski definition) is 2. The maximum Gasteiger partial charge on any atom is 0.318 e. The average molecular weight is 460 g/mol. The quantitative estimate of drug-likeness (QED) is 0.596. The van der Waals surface area contributed by atoms with Crippen molar-refractivity contribution < 1.29 is 12.8 Å². The number of sulfone groups is 1. The lowest BCUT2D eigenvalue weighted by Gasteiger charge is -2.28. The van der Waals surface area contributed by atoms with E-state index in [1.807, 2.05) is 4.90 Å². The van der Waals surface area contributed by atoms with Gasteiger partial charge in [-0.2, -0.15) is 0 Å². The van der Waals surface area contributed by atoms with Crippen LogP contribution in [0.15, 0.2) is 49.4 Å². The minimum atomic E-state index is -3.35. The van der Waals surface area contributed by atoms with Gasteiger partial charge in [0.1, 0.15) is 0 Å². The fraction of sp³-hybridized carbons (Fsp3) is 0.429. The molecule has 2 heterocycles. The zero-order chi connectivity index (χ0) is 23.5. The number of anilines is 1. The van der Waals surface area contributed by atoms with E-state index in [0.29, 0.717) is 17.3 Å². The first-order valence-electron chi connectivity index (χ1n) is 10.3. The Morgan fingerprint density at radius 1 is 1.22 bits per heavy atom. The summed E-state index contributed by atoms with van der Waals surface area (Å²) in [6.45, 7) is 9.98. The van der Waals surface area contributed by atoms with E-state index in [1.165, 1.54) is 0 Å². The van der Waals surface area contributed by atoms with E-state index < -0.39 is 15.1 Å². The number of rotatable bonds is 7. The SMILES string of the molecule is C=N/C(N)=C(\N=C(/C)c1ccc(S(=O)(=O)C(C)C)cc1)c1nnc(N2CCC(N)CC2)o1. The van der Waals surface area contributed by atoms with Crippen molar-refractivity contribution in [3.63, 3.8) is 0 Å². The molecule has 1 saturated heterocycles. The Morgan fingerprint density at radius 3 is 2.41 bits per heavy atom. The number of benzene rings is 1. The number of hydrogen-bond acceptors (Lipinski definition) is 10. The second-order valence-corrected chi connectivity index (χ2v) is 10.4. The van der Waals surface area contributed by atoms with Gasteiger partial charge in [-0.3, -0.25) is 0 Å². The number of aliphatic imine (C=N–C) groups is 2. The summed E-state index contributed by atoms with van der Waals surface area (Å²) < 4.78 is 30.5. The molecule has 0 radical (unpaired) electrons. The van der Waals surface area contributed by atoms with Crippen LogP contribution in [0.1, 0.15) is 45.1 Å². The molecule has 32 heavy (non-hydrogen) atoms. The second kappa shape index (κ2) is 9.61. The van der Waals surface area contributed by atoms with Crippen molar-refractivity contribution in [1.82, 2.24) is 10.2 Å². The van der Waals surface area contributed by atoms with Gasteiger partial charge in [0.2, 0.25) is 0 Å². The first-order valence-corrected chi connectivity index (χ1v) is 11.9. The third-order valence-corrected chi connectivity index (χ3v) is 7.51. The van der Waals surface area contributed by atoms with Crippen LogP contribution >= 0.6 is 0 Å². The highest BCUT2D eigenvalue weighted by Gasteiger charge is 2.23. The van der Waals surface area contributed by atoms with Gasteiger partial charge in [0.05, 0.1) is 10.1 Å². The summed E-state index contributed by atoms with van der Waals surface area (Å²) in [6, 6.07) is 7.07. The van der Waals surface area contributed by atoms with Gasteiger partial charge in [-0.05, 0) is 58.0 Å². The van der Waals surface area contributed by atoms with Crippen molar-refractivity contribution in [2.45, 2.75) is 49.8 Å². The van der Waals surface area contributed by atoms with E-state index in [0.717, 1.165) is 25.9 Å². The molecular weight excluding hydrogens is 430 g/mol. The van der Waals surface area contributed by atoms with Crippen molar-refractivity contribution in [3.8, 4) is 0 Å². The smallest absolute Gasteiger partial charge is 0.318 e. The predicted molar refractivity (Wildman–Crippen MR) is 125 cm³/mol. The van der Waals surface area contributed by atoms with Crippen molar-refractivity contribution in [2.24, 2.45) is 21.5 Å². The Morgan fingerprint density at radius 2 is 1.84 bits per heavy atom. The van der Waals surface area contributed by atoms with Crippen LogP contribution in [0.2, 0.25) is 0 Å². The topological polar surface area (TPSA) is 153 Å². The molecule has 3 rings (SSSR count). The monoisotopic (exact) mass is 459 g/mol. The van der Waals surface area contributed by atoms with E-state index in [4.69, 9.17) is 15.9 Å². The fourth-order valence-corrected chi connectivity index (χ4v) is 4.27. The van der Waals surface area contributed by atoms with Crippen LogP contribution in [0.4, 0.5) is 6.01 Å². The molecule has 4 N–H and O–H groups in total. The van der Waals surface area contributed by atoms with E-state index in [-0.39, 0.29) is 28.3 Å². The normalized spacial score (nSPS) is 16.9. The highest BCUT2D eigenvalue weighted by Crippen LogP contribution is 2.25. The van der Waals surface area contributed by atoms with E-state index >= 15 is 0 Å². The van der Waals surface area contributed by atoms with Crippen LogP contribution in [-0.2, 0) is 9.84 Å². The van der Waals surface area contributed by atoms with E-state index in [9.17, 15) is 8.42 Å². The molecule has 1 fully saturated rings. The number of piperidine rings is 1. The molecule has 1 aromatic heterocycles. The Bertz CT molecular complexity index is 1130. The Balaban J connectivity index is 1.89. The van der Waals surface area contributed by atoms with Gasteiger partial charge < -0.3 is 20.8 Å². The van der Waals surface area contributed by atoms with Crippen molar-refractivity contribution >= 4 is 34.0 Å². The number of nitrogens with zero attached hydrogens (tertiary/aromatic N) is 5. The Kier molecular flexibility index (Phi) is 7.09. The molecule has 0 saturated carbocycles. The Hall–Kier alpha value is -3.05. The predicted octanol–water partition coefficient (Wildman–Crippen LogP) is 1.97. The second-order valence-electron chi connectivity index (χ2n) is 7.92. The third-order valence-electron chi connectivity index (χ3n) is 5.34. The molecule has 0 aliphatic carbocycles. The summed E-state index contributed by atoms with van der Waals surface area (Å²) in [4.78, 5) is 10.5. The molecule has 0 spiro atoms. The van der Waals surface area contributed by atoms with Gasteiger partial charge >= 0.3 is 6.01 Å². The van der Waals surface area contributed by atoms with Crippen LogP contribution in [-0.4, -0.2) is 55.4 Å². The Labute approximate surface area is 188 Å². The first-order chi connectivity index (χ1) is 15.1.